The first-order chi connectivity index (χ1) is 15.3. The number of morpholine rings is 1. The second kappa shape index (κ2) is 9.38. The van der Waals surface area contributed by atoms with E-state index in [1.807, 2.05) is 12.1 Å². The zero-order chi connectivity index (χ0) is 22.7. The third-order valence-electron chi connectivity index (χ3n) is 5.88. The minimum Gasteiger partial charge on any atom is -0.393 e. The highest BCUT2D eigenvalue weighted by atomic mass is 19.4. The quantitative estimate of drug-likeness (QED) is 0.666. The molecule has 2 amide bonds. The molecule has 4 rings (SSSR count). The van der Waals surface area contributed by atoms with E-state index < -0.39 is 23.9 Å². The maximum absolute atomic E-state index is 13.5. The lowest BCUT2D eigenvalue weighted by atomic mass is 9.88. The number of amides is 2. The first-order valence-electron chi connectivity index (χ1n) is 10.7. The number of alkyl halides is 3. The molecule has 0 saturated carbocycles. The van der Waals surface area contributed by atoms with E-state index in [1.54, 1.807) is 11.0 Å². The number of aryl methyl sites for hydroxylation is 1. The van der Waals surface area contributed by atoms with Gasteiger partial charge in [-0.2, -0.15) is 13.2 Å². The topological polar surface area (TPSA) is 73.8 Å². The maximum atomic E-state index is 13.5. The first kappa shape index (κ1) is 22.4. The molecule has 6 nitrogen and oxygen atoms in total. The van der Waals surface area contributed by atoms with Gasteiger partial charge in [0, 0.05) is 37.4 Å². The van der Waals surface area contributed by atoms with Crippen LogP contribution < -0.4 is 15.5 Å². The molecule has 9 heteroatoms. The maximum Gasteiger partial charge on any atom is 0.418 e. The average molecular weight is 449 g/mol. The molecule has 1 unspecified atom stereocenters. The molecule has 0 radical (unpaired) electrons. The number of hydrogen-bond acceptors (Lipinski definition) is 4. The predicted octanol–water partition coefficient (Wildman–Crippen LogP) is 3.71. The zero-order valence-corrected chi connectivity index (χ0v) is 17.5. The Morgan fingerprint density at radius 3 is 2.72 bits per heavy atom. The summed E-state index contributed by atoms with van der Waals surface area (Å²) in [6.45, 7) is 1.59. The van der Waals surface area contributed by atoms with Crippen molar-refractivity contribution in [3.8, 4) is 0 Å². The summed E-state index contributed by atoms with van der Waals surface area (Å²) in [6.07, 6.45) is -2.97. The van der Waals surface area contributed by atoms with Gasteiger partial charge in [0.1, 0.15) is 0 Å². The molecule has 1 atom stereocenters. The van der Waals surface area contributed by atoms with Crippen molar-refractivity contribution in [3.63, 3.8) is 0 Å². The Bertz CT molecular complexity index is 975. The minimum atomic E-state index is -4.46. The summed E-state index contributed by atoms with van der Waals surface area (Å²) in [4.78, 5) is 14.1. The fraction of sp³-hybridized carbons (Fsp3) is 0.435. The van der Waals surface area contributed by atoms with Crippen molar-refractivity contribution in [2.24, 2.45) is 0 Å². The Labute approximate surface area is 184 Å². The summed E-state index contributed by atoms with van der Waals surface area (Å²) in [5.74, 6) is 0. The monoisotopic (exact) mass is 449 g/mol. The minimum absolute atomic E-state index is 0.0823. The van der Waals surface area contributed by atoms with Crippen molar-refractivity contribution in [1.82, 2.24) is 5.32 Å². The molecule has 1 aliphatic carbocycles. The van der Waals surface area contributed by atoms with Gasteiger partial charge >= 0.3 is 12.2 Å². The number of hydrogen-bond donors (Lipinski definition) is 3. The largest absolute Gasteiger partial charge is 0.418 e. The van der Waals surface area contributed by atoms with E-state index in [9.17, 15) is 23.1 Å². The molecule has 2 aromatic rings. The Hall–Kier alpha value is -2.78. The molecule has 1 fully saturated rings. The molecule has 1 aliphatic heterocycles. The molecule has 2 aromatic carbocycles. The van der Waals surface area contributed by atoms with Crippen molar-refractivity contribution >= 4 is 17.4 Å². The number of halogens is 3. The van der Waals surface area contributed by atoms with Crippen LogP contribution in [0.25, 0.3) is 0 Å². The lowest BCUT2D eigenvalue weighted by Gasteiger charge is -2.31. The van der Waals surface area contributed by atoms with E-state index in [1.165, 1.54) is 12.1 Å². The molecule has 32 heavy (non-hydrogen) atoms. The molecule has 0 bridgehead atoms. The van der Waals surface area contributed by atoms with Crippen LogP contribution in [0.5, 0.6) is 0 Å². The summed E-state index contributed by atoms with van der Waals surface area (Å²) >= 11 is 0. The van der Waals surface area contributed by atoms with Gasteiger partial charge in [0.05, 0.1) is 24.9 Å². The van der Waals surface area contributed by atoms with Gasteiger partial charge in [-0.15, -0.1) is 0 Å². The second-order valence-electron chi connectivity index (χ2n) is 8.10. The van der Waals surface area contributed by atoms with Gasteiger partial charge in [-0.3, -0.25) is 0 Å². The average Bonchev–Trinajstić information content (AvgIpc) is 2.78. The summed E-state index contributed by atoms with van der Waals surface area (Å²) < 4.78 is 45.8. The highest BCUT2D eigenvalue weighted by Crippen LogP contribution is 2.37. The molecular formula is C23H26F3N3O3. The van der Waals surface area contributed by atoms with Crippen molar-refractivity contribution < 1.29 is 27.8 Å². The van der Waals surface area contributed by atoms with Crippen molar-refractivity contribution in [3.05, 3.63) is 58.7 Å². The number of fused-ring (bicyclic) bond motifs is 1. The highest BCUT2D eigenvalue weighted by molar-refractivity contribution is 5.90. The zero-order valence-electron chi connectivity index (χ0n) is 17.5. The number of carbonyl (C=O) groups is 1. The van der Waals surface area contributed by atoms with Crippen LogP contribution in [-0.4, -0.2) is 43.5 Å². The fourth-order valence-electron chi connectivity index (χ4n) is 4.23. The first-order valence-corrected chi connectivity index (χ1v) is 10.7. The SMILES string of the molecule is O=C(NCc1ccc(C(F)(F)F)c(N2CCOCC2)c1)Nc1cccc2c1CC(O)CC2. The van der Waals surface area contributed by atoms with E-state index in [2.05, 4.69) is 10.6 Å². The third kappa shape index (κ3) is 5.16. The summed E-state index contributed by atoms with van der Waals surface area (Å²) in [6, 6.07) is 9.10. The molecule has 3 N–H and O–H groups in total. The Kier molecular flexibility index (Phi) is 6.57. The van der Waals surface area contributed by atoms with Crippen LogP contribution in [0, 0.1) is 0 Å². The van der Waals surface area contributed by atoms with Crippen LogP contribution >= 0.6 is 0 Å². The Balaban J connectivity index is 1.45. The van der Waals surface area contributed by atoms with Gasteiger partial charge in [0.25, 0.3) is 0 Å². The molecular weight excluding hydrogens is 423 g/mol. The normalized spacial score (nSPS) is 18.8. The van der Waals surface area contributed by atoms with Crippen molar-refractivity contribution in [1.29, 1.82) is 0 Å². The van der Waals surface area contributed by atoms with E-state index in [0.29, 0.717) is 50.4 Å². The molecule has 0 spiro atoms. The second-order valence-corrected chi connectivity index (χ2v) is 8.10. The van der Waals surface area contributed by atoms with Crippen molar-refractivity contribution in [2.75, 3.05) is 36.5 Å². The van der Waals surface area contributed by atoms with Crippen LogP contribution in [0.15, 0.2) is 36.4 Å². The number of carbonyl (C=O) groups excluding carboxylic acids is 1. The van der Waals surface area contributed by atoms with Gasteiger partial charge in [-0.25, -0.2) is 4.79 Å². The smallest absolute Gasteiger partial charge is 0.393 e. The number of nitrogens with zero attached hydrogens (tertiary/aromatic N) is 1. The lowest BCUT2D eigenvalue weighted by Crippen LogP contribution is -2.37. The number of rotatable bonds is 4. The number of benzene rings is 2. The highest BCUT2D eigenvalue weighted by Gasteiger charge is 2.35. The predicted molar refractivity (Wildman–Crippen MR) is 115 cm³/mol. The molecule has 1 heterocycles. The lowest BCUT2D eigenvalue weighted by molar-refractivity contribution is -0.137. The van der Waals surface area contributed by atoms with Crippen molar-refractivity contribution in [2.45, 2.75) is 38.1 Å². The van der Waals surface area contributed by atoms with Crippen LogP contribution in [-0.2, 0) is 30.3 Å². The van der Waals surface area contributed by atoms with Gasteiger partial charge in [0.2, 0.25) is 0 Å². The van der Waals surface area contributed by atoms with Crippen LogP contribution in [0.4, 0.5) is 29.3 Å². The number of urea groups is 1. The number of nitrogens with one attached hydrogen (secondary N) is 2. The van der Waals surface area contributed by atoms with Gasteiger partial charge < -0.3 is 25.4 Å². The summed E-state index contributed by atoms with van der Waals surface area (Å²) in [7, 11) is 0. The van der Waals surface area contributed by atoms with E-state index in [-0.39, 0.29) is 12.2 Å². The summed E-state index contributed by atoms with van der Waals surface area (Å²) in [5, 5.41) is 15.5. The number of ether oxygens (including phenoxy) is 1. The number of aliphatic hydroxyl groups excluding tert-OH is 1. The fourth-order valence-corrected chi connectivity index (χ4v) is 4.23. The molecule has 0 aromatic heterocycles. The molecule has 172 valence electrons. The van der Waals surface area contributed by atoms with Crippen LogP contribution in [0.3, 0.4) is 0 Å². The van der Waals surface area contributed by atoms with Crippen LogP contribution in [0.2, 0.25) is 0 Å². The van der Waals surface area contributed by atoms with E-state index in [4.69, 9.17) is 4.74 Å². The van der Waals surface area contributed by atoms with E-state index in [0.717, 1.165) is 23.6 Å². The number of anilines is 2. The Morgan fingerprint density at radius 2 is 1.97 bits per heavy atom. The third-order valence-corrected chi connectivity index (χ3v) is 5.88. The Morgan fingerprint density at radius 1 is 1.19 bits per heavy atom. The van der Waals surface area contributed by atoms with Gasteiger partial charge in [0.15, 0.2) is 0 Å². The molecule has 1 saturated heterocycles. The number of aliphatic hydroxyl groups is 1. The molecule has 2 aliphatic rings. The van der Waals surface area contributed by atoms with Gasteiger partial charge in [-0.05, 0) is 47.7 Å². The summed E-state index contributed by atoms with van der Waals surface area (Å²) in [5.41, 5.74) is 2.64. The van der Waals surface area contributed by atoms with E-state index >= 15 is 0 Å². The standard InChI is InChI=1S/C23H26F3N3O3/c24-23(25,26)19-7-4-15(12-21(19)29-8-10-32-11-9-29)14-27-22(31)28-20-3-1-2-16-5-6-17(30)13-18(16)20/h1-4,7,12,17,30H,5-6,8-11,13-14H2,(H2,27,28,31). The van der Waals surface area contributed by atoms with Crippen LogP contribution in [0.1, 0.15) is 28.7 Å². The van der Waals surface area contributed by atoms with Gasteiger partial charge in [-0.1, -0.05) is 18.2 Å².